The van der Waals surface area contributed by atoms with Gasteiger partial charge < -0.3 is 9.74 Å². The molecule has 1 amide bonds. The fourth-order valence-electron chi connectivity index (χ4n) is 3.74. The lowest BCUT2D eigenvalue weighted by atomic mass is 9.57. The van der Waals surface area contributed by atoms with Gasteiger partial charge in [0, 0.05) is 12.8 Å². The second-order valence-electron chi connectivity index (χ2n) is 9.51. The third-order valence-electron chi connectivity index (χ3n) is 6.78. The number of hydrogen-bond donors (Lipinski definition) is 1. The van der Waals surface area contributed by atoms with Gasteiger partial charge in [0.15, 0.2) is 19.1 Å². The quantitative estimate of drug-likeness (QED) is 0.430. The van der Waals surface area contributed by atoms with Crippen molar-refractivity contribution < 1.29 is 9.22 Å². The maximum absolute atomic E-state index is 12.4. The Balaban J connectivity index is 2.32. The van der Waals surface area contributed by atoms with E-state index in [0.717, 1.165) is 0 Å². The number of nitrogens with one attached hydrogen (secondary N) is 1. The molecule has 1 saturated heterocycles. The van der Waals surface area contributed by atoms with E-state index in [4.69, 9.17) is 4.43 Å². The molecule has 2 rings (SSSR count). The van der Waals surface area contributed by atoms with Gasteiger partial charge in [0.05, 0.1) is 42.3 Å². The first-order valence-corrected chi connectivity index (χ1v) is 12.6. The first-order chi connectivity index (χ1) is 13.3. The first kappa shape index (κ1) is 22.6. The Kier molecular flexibility index (Phi) is 5.70. The third-order valence-corrected chi connectivity index (χ3v) is 11.4. The van der Waals surface area contributed by atoms with Crippen LogP contribution in [0.5, 0.6) is 0 Å². The number of carbonyl (C=O) groups excluding carboxylic acids is 1. The highest BCUT2D eigenvalue weighted by Crippen LogP contribution is 2.51. The summed E-state index contributed by atoms with van der Waals surface area (Å²) in [7, 11) is -2.09. The summed E-state index contributed by atoms with van der Waals surface area (Å²) in [6, 6.07) is 7.26. The van der Waals surface area contributed by atoms with Crippen molar-refractivity contribution in [2.24, 2.45) is 16.7 Å². The van der Waals surface area contributed by atoms with E-state index in [0.29, 0.717) is 5.57 Å². The zero-order valence-electron chi connectivity index (χ0n) is 17.8. The lowest BCUT2D eigenvalue weighted by molar-refractivity contribution is -0.138. The monoisotopic (exact) mass is 409 g/mol. The van der Waals surface area contributed by atoms with Crippen LogP contribution in [0.1, 0.15) is 40.5 Å². The summed E-state index contributed by atoms with van der Waals surface area (Å²) in [6.45, 7) is 12.5. The van der Waals surface area contributed by atoms with Gasteiger partial charge in [0.1, 0.15) is 0 Å². The Labute approximate surface area is 173 Å². The van der Waals surface area contributed by atoms with Crippen molar-refractivity contribution in [3.63, 3.8) is 0 Å². The van der Waals surface area contributed by atoms with Crippen LogP contribution >= 0.6 is 0 Å². The molecule has 29 heavy (non-hydrogen) atoms. The molecule has 0 spiro atoms. The molecule has 3 atom stereocenters. The van der Waals surface area contributed by atoms with Crippen LogP contribution in [0.15, 0.2) is 11.6 Å². The number of hydrogen-bond acceptors (Lipinski definition) is 6. The van der Waals surface area contributed by atoms with Gasteiger partial charge in [-0.3, -0.25) is 4.79 Å². The number of rotatable bonds is 4. The van der Waals surface area contributed by atoms with E-state index in [1.165, 1.54) is 0 Å². The van der Waals surface area contributed by atoms with Gasteiger partial charge in [-0.15, -0.1) is 0 Å². The fraction of sp³-hybridized carbons (Fsp3) is 0.667. The van der Waals surface area contributed by atoms with Crippen molar-refractivity contribution in [1.82, 2.24) is 5.32 Å². The summed E-state index contributed by atoms with van der Waals surface area (Å²) in [5.41, 5.74) is -2.77. The SMILES string of the molecule is CC(O[Si](C)(C)C(C)(C)C)[C@H]1C(=O)N[C@@H]1C1=CCC(C#N)(C#N)C(C#N)(C#N)C1. The van der Waals surface area contributed by atoms with Crippen molar-refractivity contribution in [1.29, 1.82) is 21.0 Å². The number of amides is 1. The standard InChI is InChI=1S/C21H27N5O2Si/c1-14(28-29(5,6)19(2,3)4)16-17(26-18(16)27)15-7-8-20(10-22,11-23)21(9-15,12-24)13-25/h7,14,16-17H,8-9H2,1-6H3,(H,26,27)/t14?,16-,17-/m1/s1. The molecule has 1 aliphatic heterocycles. The van der Waals surface area contributed by atoms with E-state index >= 15 is 0 Å². The molecule has 152 valence electrons. The molecule has 0 aromatic heterocycles. The molecule has 2 aliphatic rings. The van der Waals surface area contributed by atoms with Crippen LogP contribution in [0.25, 0.3) is 0 Å². The highest BCUT2D eigenvalue weighted by Gasteiger charge is 2.59. The van der Waals surface area contributed by atoms with E-state index in [1.807, 2.05) is 31.2 Å². The molecule has 0 bridgehead atoms. The van der Waals surface area contributed by atoms with Crippen molar-refractivity contribution >= 4 is 14.2 Å². The Hall–Kier alpha value is -2.65. The van der Waals surface area contributed by atoms with Gasteiger partial charge >= 0.3 is 0 Å². The van der Waals surface area contributed by atoms with Crippen molar-refractivity contribution in [2.45, 2.75) is 70.8 Å². The molecular formula is C21H27N5O2Si. The van der Waals surface area contributed by atoms with Crippen LogP contribution in [-0.2, 0) is 9.22 Å². The Morgan fingerprint density at radius 3 is 2.07 bits per heavy atom. The maximum Gasteiger partial charge on any atom is 0.228 e. The van der Waals surface area contributed by atoms with Crippen LogP contribution in [0.3, 0.4) is 0 Å². The van der Waals surface area contributed by atoms with Gasteiger partial charge in [-0.25, -0.2) is 0 Å². The smallest absolute Gasteiger partial charge is 0.228 e. The summed E-state index contributed by atoms with van der Waals surface area (Å²) < 4.78 is 6.40. The van der Waals surface area contributed by atoms with E-state index in [2.05, 4.69) is 39.2 Å². The molecule has 1 N–H and O–H groups in total. The van der Waals surface area contributed by atoms with E-state index in [1.54, 1.807) is 6.08 Å². The van der Waals surface area contributed by atoms with Gasteiger partial charge in [0.2, 0.25) is 5.91 Å². The highest BCUT2D eigenvalue weighted by molar-refractivity contribution is 6.74. The molecule has 1 unspecified atom stereocenters. The number of carbonyl (C=O) groups is 1. The zero-order valence-corrected chi connectivity index (χ0v) is 18.8. The normalized spacial score (nSPS) is 26.3. The minimum Gasteiger partial charge on any atom is -0.413 e. The Bertz CT molecular complexity index is 876. The zero-order chi connectivity index (χ0) is 22.3. The Morgan fingerprint density at radius 2 is 1.66 bits per heavy atom. The molecule has 7 nitrogen and oxygen atoms in total. The minimum atomic E-state index is -2.09. The molecule has 8 heteroatoms. The van der Waals surface area contributed by atoms with Crippen LogP contribution in [0.4, 0.5) is 0 Å². The molecular weight excluding hydrogens is 382 g/mol. The van der Waals surface area contributed by atoms with Gasteiger partial charge in [-0.1, -0.05) is 26.8 Å². The van der Waals surface area contributed by atoms with Crippen molar-refractivity contribution in [3.8, 4) is 24.3 Å². The van der Waals surface area contributed by atoms with Crippen LogP contribution in [-0.4, -0.2) is 26.4 Å². The number of allylic oxidation sites excluding steroid dienone is 1. The van der Waals surface area contributed by atoms with Gasteiger partial charge in [-0.05, 0) is 30.6 Å². The molecule has 1 heterocycles. The Morgan fingerprint density at radius 1 is 1.14 bits per heavy atom. The predicted molar refractivity (Wildman–Crippen MR) is 108 cm³/mol. The molecule has 0 aromatic carbocycles. The number of nitrogens with zero attached hydrogens (tertiary/aromatic N) is 4. The maximum atomic E-state index is 12.4. The third kappa shape index (κ3) is 3.44. The number of nitriles is 4. The highest BCUT2D eigenvalue weighted by atomic mass is 28.4. The van der Waals surface area contributed by atoms with Crippen LogP contribution in [0.2, 0.25) is 18.1 Å². The summed E-state index contributed by atoms with van der Waals surface area (Å²) >= 11 is 0. The largest absolute Gasteiger partial charge is 0.413 e. The van der Waals surface area contributed by atoms with Gasteiger partial charge in [0.25, 0.3) is 0 Å². The summed E-state index contributed by atoms with van der Waals surface area (Å²) in [4.78, 5) is 12.4. The average molecular weight is 410 g/mol. The van der Waals surface area contributed by atoms with Gasteiger partial charge in [-0.2, -0.15) is 21.0 Å². The fourth-order valence-corrected chi connectivity index (χ4v) is 5.17. The lowest BCUT2D eigenvalue weighted by Gasteiger charge is -2.48. The molecule has 1 aliphatic carbocycles. The predicted octanol–water partition coefficient (Wildman–Crippen LogP) is 3.30. The van der Waals surface area contributed by atoms with E-state index < -0.39 is 25.1 Å². The average Bonchev–Trinajstić information content (AvgIpc) is 2.63. The second kappa shape index (κ2) is 7.31. The second-order valence-corrected chi connectivity index (χ2v) is 14.3. The minimum absolute atomic E-state index is 0.00293. The number of β-lactam (4-membered cyclic amide) rings is 1. The summed E-state index contributed by atoms with van der Waals surface area (Å²) in [5.74, 6) is -0.554. The van der Waals surface area contributed by atoms with E-state index in [-0.39, 0.29) is 35.9 Å². The first-order valence-electron chi connectivity index (χ1n) is 9.66. The van der Waals surface area contributed by atoms with Crippen molar-refractivity contribution in [2.75, 3.05) is 0 Å². The van der Waals surface area contributed by atoms with Crippen molar-refractivity contribution in [3.05, 3.63) is 11.6 Å². The van der Waals surface area contributed by atoms with Crippen LogP contribution < -0.4 is 5.32 Å². The molecule has 0 radical (unpaired) electrons. The lowest BCUT2D eigenvalue weighted by Crippen LogP contribution is -2.65. The van der Waals surface area contributed by atoms with E-state index in [9.17, 15) is 25.8 Å². The molecule has 0 saturated carbocycles. The van der Waals surface area contributed by atoms with Crippen LogP contribution in [0, 0.1) is 62.1 Å². The topological polar surface area (TPSA) is 133 Å². The molecule has 0 aromatic rings. The summed E-state index contributed by atoms with van der Waals surface area (Å²) in [6.07, 6.45) is 1.34. The summed E-state index contributed by atoms with van der Waals surface area (Å²) in [5, 5.41) is 41.3. The molecule has 1 fully saturated rings.